The maximum Gasteiger partial charge on any atom is 0.499 e. The molecule has 0 fully saturated rings. The Kier molecular flexibility index (Phi) is 5.92. The number of halogens is 5. The molecule has 1 amide bonds. The molecule has 0 atom stereocenters. The summed E-state index contributed by atoms with van der Waals surface area (Å²) < 4.78 is 65.3. The van der Waals surface area contributed by atoms with E-state index in [0.29, 0.717) is 31.4 Å². The number of rotatable bonds is 8. The smallest absolute Gasteiger partial charge is 0.426 e. The molecule has 1 N–H and O–H groups in total. The molecular weight excluding hydrogens is 297 g/mol. The van der Waals surface area contributed by atoms with Crippen LogP contribution in [0.3, 0.4) is 0 Å². The molecule has 1 rings (SSSR count). The number of amides is 1. The second kappa shape index (κ2) is 7.24. The fourth-order valence-electron chi connectivity index (χ4n) is 1.56. The van der Waals surface area contributed by atoms with Gasteiger partial charge in [0.15, 0.2) is 0 Å². The number of carbonyl (C=O) groups excluding carboxylic acids is 1. The summed E-state index contributed by atoms with van der Waals surface area (Å²) in [5.74, 6) is -0.547. The predicted octanol–water partition coefficient (Wildman–Crippen LogP) is 3.20. The molecule has 0 bridgehead atoms. The standard InChI is InChI=1S/C13H13F5NO2/c14-12(15,16)13(17,18)21-11-6-3-5-10(8-11)4-1-2-7-19-9-20/h3,5-6,8H,1-2,4,7H2,(H,19,20). The van der Waals surface area contributed by atoms with E-state index in [1.165, 1.54) is 12.5 Å². The molecule has 1 aromatic carbocycles. The topological polar surface area (TPSA) is 38.3 Å². The number of aryl methyl sites for hydroxylation is 1. The van der Waals surface area contributed by atoms with Crippen molar-refractivity contribution in [1.29, 1.82) is 0 Å². The van der Waals surface area contributed by atoms with Gasteiger partial charge in [0.1, 0.15) is 5.75 Å². The second-order valence-electron chi connectivity index (χ2n) is 4.25. The van der Waals surface area contributed by atoms with Gasteiger partial charge in [-0.05, 0) is 37.0 Å². The van der Waals surface area contributed by atoms with Crippen molar-refractivity contribution >= 4 is 6.41 Å². The van der Waals surface area contributed by atoms with Crippen LogP contribution in [0, 0.1) is 0 Å². The van der Waals surface area contributed by atoms with Crippen molar-refractivity contribution in [2.75, 3.05) is 6.54 Å². The van der Waals surface area contributed by atoms with E-state index in [-0.39, 0.29) is 0 Å². The summed E-state index contributed by atoms with van der Waals surface area (Å²) in [6, 6.07) is 5.11. The minimum absolute atomic E-state index is 0.422. The number of nitrogens with one attached hydrogen (secondary N) is 1. The Morgan fingerprint density at radius 3 is 2.48 bits per heavy atom. The third-order valence-electron chi connectivity index (χ3n) is 2.56. The second-order valence-corrected chi connectivity index (χ2v) is 4.25. The number of ether oxygens (including phenoxy) is 1. The molecule has 117 valence electrons. The van der Waals surface area contributed by atoms with E-state index in [9.17, 15) is 26.7 Å². The van der Waals surface area contributed by atoms with Crippen molar-refractivity contribution in [2.45, 2.75) is 31.5 Å². The Labute approximate surface area is 118 Å². The molecule has 21 heavy (non-hydrogen) atoms. The first-order valence-corrected chi connectivity index (χ1v) is 6.09. The molecule has 8 heteroatoms. The summed E-state index contributed by atoms with van der Waals surface area (Å²) in [5.41, 5.74) is 0.570. The molecule has 0 aliphatic heterocycles. The average molecular weight is 310 g/mol. The molecule has 0 aromatic heterocycles. The third-order valence-corrected chi connectivity index (χ3v) is 2.56. The molecule has 1 aromatic rings. The van der Waals surface area contributed by atoms with Crippen LogP contribution in [0.15, 0.2) is 24.3 Å². The number of alkyl halides is 5. The first kappa shape index (κ1) is 17.2. The maximum atomic E-state index is 12.7. The first-order valence-electron chi connectivity index (χ1n) is 6.09. The average Bonchev–Trinajstić information content (AvgIpc) is 2.37. The van der Waals surface area contributed by atoms with Crippen LogP contribution in [0.5, 0.6) is 5.75 Å². The van der Waals surface area contributed by atoms with E-state index in [4.69, 9.17) is 0 Å². The monoisotopic (exact) mass is 310 g/mol. The van der Waals surface area contributed by atoms with E-state index in [2.05, 4.69) is 10.1 Å². The summed E-state index contributed by atoms with van der Waals surface area (Å²) >= 11 is 0. The lowest BCUT2D eigenvalue weighted by Gasteiger charge is -2.20. The van der Waals surface area contributed by atoms with Gasteiger partial charge in [0, 0.05) is 6.54 Å². The molecule has 0 spiro atoms. The van der Waals surface area contributed by atoms with Gasteiger partial charge in [0.25, 0.3) is 0 Å². The van der Waals surface area contributed by atoms with Gasteiger partial charge >= 0.3 is 18.7 Å². The fourth-order valence-corrected chi connectivity index (χ4v) is 1.56. The first-order chi connectivity index (χ1) is 9.76. The highest BCUT2D eigenvalue weighted by molar-refractivity contribution is 5.46. The zero-order valence-corrected chi connectivity index (χ0v) is 10.8. The molecule has 0 aliphatic rings. The predicted molar refractivity (Wildman–Crippen MR) is 64.7 cm³/mol. The lowest BCUT2D eigenvalue weighted by molar-refractivity contribution is -0.360. The van der Waals surface area contributed by atoms with Crippen LogP contribution in [0.25, 0.3) is 0 Å². The zero-order valence-electron chi connectivity index (χ0n) is 10.8. The molecule has 1 radical (unpaired) electrons. The van der Waals surface area contributed by atoms with Crippen LogP contribution in [0.1, 0.15) is 18.4 Å². The minimum Gasteiger partial charge on any atom is -0.426 e. The fraction of sp³-hybridized carbons (Fsp3) is 0.462. The molecule has 3 nitrogen and oxygen atoms in total. The van der Waals surface area contributed by atoms with E-state index in [0.717, 1.165) is 12.1 Å². The van der Waals surface area contributed by atoms with Gasteiger partial charge in [-0.3, -0.25) is 4.79 Å². The van der Waals surface area contributed by atoms with Crippen molar-refractivity contribution in [1.82, 2.24) is 5.32 Å². The Morgan fingerprint density at radius 1 is 1.14 bits per heavy atom. The third kappa shape index (κ3) is 5.57. The van der Waals surface area contributed by atoms with Gasteiger partial charge in [-0.25, -0.2) is 0 Å². The number of benzene rings is 1. The van der Waals surface area contributed by atoms with Crippen molar-refractivity contribution in [3.8, 4) is 5.75 Å². The minimum atomic E-state index is -5.76. The largest absolute Gasteiger partial charge is 0.499 e. The highest BCUT2D eigenvalue weighted by atomic mass is 19.4. The van der Waals surface area contributed by atoms with E-state index < -0.39 is 18.0 Å². The zero-order chi connectivity index (χ0) is 15.9. The SMILES string of the molecule is O=[C]NCCCCc1cccc(OC(F)(F)C(F)(F)F)c1. The maximum absolute atomic E-state index is 12.7. The van der Waals surface area contributed by atoms with Crippen molar-refractivity contribution in [2.24, 2.45) is 0 Å². The van der Waals surface area contributed by atoms with Gasteiger partial charge in [0.05, 0.1) is 0 Å². The summed E-state index contributed by atoms with van der Waals surface area (Å²) in [7, 11) is 0. The number of hydrogen-bond donors (Lipinski definition) is 1. The Balaban J connectivity index is 2.58. The Hall–Kier alpha value is -1.86. The molecule has 0 heterocycles. The molecule has 0 unspecified atom stereocenters. The van der Waals surface area contributed by atoms with E-state index in [1.807, 2.05) is 0 Å². The Bertz CT molecular complexity index is 462. The van der Waals surface area contributed by atoms with E-state index >= 15 is 0 Å². The highest BCUT2D eigenvalue weighted by Crippen LogP contribution is 2.37. The summed E-state index contributed by atoms with van der Waals surface area (Å²) in [4.78, 5) is 9.88. The highest BCUT2D eigenvalue weighted by Gasteiger charge is 2.61. The van der Waals surface area contributed by atoms with Crippen molar-refractivity contribution in [3.05, 3.63) is 29.8 Å². The van der Waals surface area contributed by atoms with Crippen LogP contribution in [-0.2, 0) is 11.2 Å². The van der Waals surface area contributed by atoms with E-state index in [1.54, 1.807) is 6.07 Å². The van der Waals surface area contributed by atoms with Gasteiger partial charge in [-0.1, -0.05) is 12.1 Å². The lowest BCUT2D eigenvalue weighted by atomic mass is 10.1. The van der Waals surface area contributed by atoms with Crippen LogP contribution in [0.4, 0.5) is 22.0 Å². The molecular formula is C13H13F5NO2. The van der Waals surface area contributed by atoms with Gasteiger partial charge in [0.2, 0.25) is 0 Å². The van der Waals surface area contributed by atoms with Crippen molar-refractivity contribution < 1.29 is 31.5 Å². The van der Waals surface area contributed by atoms with Crippen molar-refractivity contribution in [3.63, 3.8) is 0 Å². The van der Waals surface area contributed by atoms with Crippen LogP contribution < -0.4 is 10.1 Å². The van der Waals surface area contributed by atoms with Crippen LogP contribution >= 0.6 is 0 Å². The molecule has 0 saturated carbocycles. The van der Waals surface area contributed by atoms with Crippen LogP contribution in [0.2, 0.25) is 0 Å². The summed E-state index contributed by atoms with van der Waals surface area (Å²) in [6.45, 7) is 0.422. The summed E-state index contributed by atoms with van der Waals surface area (Å²) in [5, 5.41) is 2.34. The molecule has 0 aliphatic carbocycles. The summed E-state index contributed by atoms with van der Waals surface area (Å²) in [6.07, 6.45) is -7.75. The number of hydrogen-bond acceptors (Lipinski definition) is 2. The quantitative estimate of drug-likeness (QED) is 0.455. The normalized spacial score (nSPS) is 12.0. The Morgan fingerprint density at radius 2 is 1.86 bits per heavy atom. The van der Waals surface area contributed by atoms with Crippen LogP contribution in [-0.4, -0.2) is 25.2 Å². The van der Waals surface area contributed by atoms with Gasteiger partial charge in [-0.15, -0.1) is 0 Å². The molecule has 0 saturated heterocycles. The van der Waals surface area contributed by atoms with Gasteiger partial charge in [-0.2, -0.15) is 22.0 Å². The number of unbranched alkanes of at least 4 members (excludes halogenated alkanes) is 1. The lowest BCUT2D eigenvalue weighted by Crippen LogP contribution is -2.41. The van der Waals surface area contributed by atoms with Gasteiger partial charge < -0.3 is 10.1 Å².